The van der Waals surface area contributed by atoms with E-state index < -0.39 is 4.92 Å². The van der Waals surface area contributed by atoms with Crippen molar-refractivity contribution in [3.8, 4) is 0 Å². The summed E-state index contributed by atoms with van der Waals surface area (Å²) in [7, 11) is 0. The van der Waals surface area contributed by atoms with Crippen LogP contribution in [-0.2, 0) is 6.54 Å². The van der Waals surface area contributed by atoms with Crippen LogP contribution in [0.5, 0.6) is 0 Å². The molecule has 0 aromatic carbocycles. The Kier molecular flexibility index (Phi) is 4.23. The molecule has 2 N–H and O–H groups in total. The maximum absolute atomic E-state index is 10.5. The molecule has 6 heteroatoms. The summed E-state index contributed by atoms with van der Waals surface area (Å²) in [4.78, 5) is 13.7. The molecule has 84 valence electrons. The molecule has 0 amide bonds. The summed E-state index contributed by atoms with van der Waals surface area (Å²) in [5, 5.41) is 10.5. The Bertz CT molecular complexity index is 324. The molecule has 1 heterocycles. The average Bonchev–Trinajstić information content (AvgIpc) is 2.65. The van der Waals surface area contributed by atoms with Crippen LogP contribution in [0.15, 0.2) is 12.4 Å². The van der Waals surface area contributed by atoms with Crippen molar-refractivity contribution in [3.63, 3.8) is 0 Å². The van der Waals surface area contributed by atoms with E-state index in [-0.39, 0.29) is 12.0 Å². The lowest BCUT2D eigenvalue weighted by Crippen LogP contribution is -2.19. The van der Waals surface area contributed by atoms with Crippen molar-refractivity contribution in [3.05, 3.63) is 22.5 Å². The quantitative estimate of drug-likeness (QED) is 0.568. The standard InChI is InChI=1S/C9H16N4O2/c1-2-8(10)4-3-6-12-7-5-11-9(12)13(14)15/h5,7-8H,2-4,6,10H2,1H3. The van der Waals surface area contributed by atoms with Crippen molar-refractivity contribution in [1.29, 1.82) is 0 Å². The molecule has 6 nitrogen and oxygen atoms in total. The zero-order valence-electron chi connectivity index (χ0n) is 8.80. The number of nitrogens with two attached hydrogens (primary N) is 1. The van der Waals surface area contributed by atoms with E-state index >= 15 is 0 Å². The molecule has 0 radical (unpaired) electrons. The topological polar surface area (TPSA) is 87.0 Å². The second kappa shape index (κ2) is 5.45. The summed E-state index contributed by atoms with van der Waals surface area (Å²) in [6.45, 7) is 2.63. The van der Waals surface area contributed by atoms with E-state index in [0.29, 0.717) is 6.54 Å². The van der Waals surface area contributed by atoms with E-state index in [2.05, 4.69) is 4.98 Å². The van der Waals surface area contributed by atoms with Crippen molar-refractivity contribution in [2.45, 2.75) is 38.8 Å². The van der Waals surface area contributed by atoms with E-state index in [1.807, 2.05) is 6.92 Å². The van der Waals surface area contributed by atoms with Gasteiger partial charge in [-0.25, -0.2) is 4.57 Å². The maximum atomic E-state index is 10.5. The largest absolute Gasteiger partial charge is 0.434 e. The van der Waals surface area contributed by atoms with Gasteiger partial charge in [-0.2, -0.15) is 0 Å². The molecule has 1 rings (SSSR count). The van der Waals surface area contributed by atoms with Crippen LogP contribution in [0, 0.1) is 10.1 Å². The Balaban J connectivity index is 2.44. The van der Waals surface area contributed by atoms with Crippen molar-refractivity contribution < 1.29 is 4.92 Å². The Morgan fingerprint density at radius 3 is 3.07 bits per heavy atom. The van der Waals surface area contributed by atoms with Gasteiger partial charge in [-0.1, -0.05) is 11.9 Å². The Morgan fingerprint density at radius 1 is 1.73 bits per heavy atom. The first-order valence-corrected chi connectivity index (χ1v) is 5.06. The molecule has 0 saturated carbocycles. The monoisotopic (exact) mass is 212 g/mol. The molecule has 0 fully saturated rings. The zero-order valence-corrected chi connectivity index (χ0v) is 8.80. The summed E-state index contributed by atoms with van der Waals surface area (Å²) in [6, 6.07) is 0.188. The van der Waals surface area contributed by atoms with E-state index in [1.165, 1.54) is 6.20 Å². The van der Waals surface area contributed by atoms with Gasteiger partial charge >= 0.3 is 5.95 Å². The molecule has 0 bridgehead atoms. The Morgan fingerprint density at radius 2 is 2.47 bits per heavy atom. The van der Waals surface area contributed by atoms with Gasteiger partial charge in [0.1, 0.15) is 12.4 Å². The third kappa shape index (κ3) is 3.32. The number of hydrogen-bond donors (Lipinski definition) is 1. The van der Waals surface area contributed by atoms with Gasteiger partial charge in [-0.05, 0) is 24.2 Å². The van der Waals surface area contributed by atoms with Crippen molar-refractivity contribution in [2.75, 3.05) is 0 Å². The highest BCUT2D eigenvalue weighted by Crippen LogP contribution is 2.09. The molecule has 15 heavy (non-hydrogen) atoms. The molecule has 0 saturated heterocycles. The van der Waals surface area contributed by atoms with Crippen LogP contribution in [0.2, 0.25) is 0 Å². The van der Waals surface area contributed by atoms with Gasteiger partial charge in [-0.15, -0.1) is 0 Å². The summed E-state index contributed by atoms with van der Waals surface area (Å²) in [5.74, 6) is -0.0972. The molecular formula is C9H16N4O2. The highest BCUT2D eigenvalue weighted by molar-refractivity contribution is 5.06. The molecule has 0 aliphatic carbocycles. The summed E-state index contributed by atoms with van der Waals surface area (Å²) in [5.41, 5.74) is 5.75. The van der Waals surface area contributed by atoms with E-state index in [9.17, 15) is 10.1 Å². The average molecular weight is 212 g/mol. The van der Waals surface area contributed by atoms with Crippen molar-refractivity contribution >= 4 is 5.95 Å². The normalized spacial score (nSPS) is 12.7. The molecule has 1 unspecified atom stereocenters. The second-order valence-electron chi connectivity index (χ2n) is 3.49. The fourth-order valence-electron chi connectivity index (χ4n) is 1.38. The van der Waals surface area contributed by atoms with Crippen LogP contribution >= 0.6 is 0 Å². The Hall–Kier alpha value is -1.43. The molecule has 0 aliphatic rings. The number of imidazole rings is 1. The van der Waals surface area contributed by atoms with Gasteiger partial charge in [0.25, 0.3) is 0 Å². The van der Waals surface area contributed by atoms with Gasteiger partial charge < -0.3 is 15.8 Å². The SMILES string of the molecule is CCC(N)CCCn1ccnc1[N+](=O)[O-]. The minimum atomic E-state index is -0.472. The fraction of sp³-hybridized carbons (Fsp3) is 0.667. The smallest absolute Gasteiger partial charge is 0.390 e. The fourth-order valence-corrected chi connectivity index (χ4v) is 1.38. The second-order valence-corrected chi connectivity index (χ2v) is 3.49. The molecule has 0 aliphatic heterocycles. The first-order valence-electron chi connectivity index (χ1n) is 5.06. The van der Waals surface area contributed by atoms with Crippen LogP contribution in [0.4, 0.5) is 5.95 Å². The van der Waals surface area contributed by atoms with Crippen LogP contribution in [0.1, 0.15) is 26.2 Å². The molecule has 1 aromatic heterocycles. The minimum absolute atomic E-state index is 0.0972. The lowest BCUT2D eigenvalue weighted by Gasteiger charge is -2.07. The van der Waals surface area contributed by atoms with Gasteiger partial charge in [0.05, 0.1) is 6.54 Å². The number of nitrogens with zero attached hydrogens (tertiary/aromatic N) is 3. The number of hydrogen-bond acceptors (Lipinski definition) is 4. The summed E-state index contributed by atoms with van der Waals surface area (Å²) < 4.78 is 1.54. The molecule has 1 atom stereocenters. The summed E-state index contributed by atoms with van der Waals surface area (Å²) >= 11 is 0. The van der Waals surface area contributed by atoms with Crippen LogP contribution in [-0.4, -0.2) is 20.5 Å². The maximum Gasteiger partial charge on any atom is 0.434 e. The lowest BCUT2D eigenvalue weighted by atomic mass is 10.1. The van der Waals surface area contributed by atoms with Gasteiger partial charge in [0.15, 0.2) is 0 Å². The molecule has 0 spiro atoms. The molecule has 1 aromatic rings. The van der Waals surface area contributed by atoms with Gasteiger partial charge in [0, 0.05) is 6.04 Å². The Labute approximate surface area is 88.3 Å². The zero-order chi connectivity index (χ0) is 11.3. The van der Waals surface area contributed by atoms with Crippen LogP contribution in [0.3, 0.4) is 0 Å². The van der Waals surface area contributed by atoms with E-state index in [1.54, 1.807) is 10.8 Å². The van der Waals surface area contributed by atoms with Crippen LogP contribution < -0.4 is 5.73 Å². The van der Waals surface area contributed by atoms with Crippen molar-refractivity contribution in [2.24, 2.45) is 5.73 Å². The first kappa shape index (κ1) is 11.6. The minimum Gasteiger partial charge on any atom is -0.390 e. The number of rotatable bonds is 6. The first-order chi connectivity index (χ1) is 7.15. The van der Waals surface area contributed by atoms with Gasteiger partial charge in [0.2, 0.25) is 0 Å². The highest BCUT2D eigenvalue weighted by atomic mass is 16.6. The number of aryl methyl sites for hydroxylation is 1. The van der Waals surface area contributed by atoms with E-state index in [0.717, 1.165) is 19.3 Å². The van der Waals surface area contributed by atoms with Crippen molar-refractivity contribution in [1.82, 2.24) is 9.55 Å². The van der Waals surface area contributed by atoms with E-state index in [4.69, 9.17) is 5.73 Å². The lowest BCUT2D eigenvalue weighted by molar-refractivity contribution is -0.396. The van der Waals surface area contributed by atoms with Gasteiger partial charge in [-0.3, -0.25) is 0 Å². The number of nitro groups is 1. The highest BCUT2D eigenvalue weighted by Gasteiger charge is 2.13. The third-order valence-corrected chi connectivity index (χ3v) is 2.36. The summed E-state index contributed by atoms with van der Waals surface area (Å²) in [6.07, 6.45) is 5.72. The number of aromatic nitrogens is 2. The predicted molar refractivity (Wildman–Crippen MR) is 56.4 cm³/mol. The third-order valence-electron chi connectivity index (χ3n) is 2.36. The van der Waals surface area contributed by atoms with Crippen LogP contribution in [0.25, 0.3) is 0 Å². The molecular weight excluding hydrogens is 196 g/mol. The predicted octanol–water partition coefficient (Wildman–Crippen LogP) is 1.31.